The molecule has 2 aromatic rings. The molecule has 1 saturated carbocycles. The van der Waals surface area contributed by atoms with Crippen molar-refractivity contribution in [2.75, 3.05) is 0 Å². The Labute approximate surface area is 93.0 Å². The summed E-state index contributed by atoms with van der Waals surface area (Å²) in [6.07, 6.45) is 4.45. The van der Waals surface area contributed by atoms with Gasteiger partial charge >= 0.3 is 0 Å². The van der Waals surface area contributed by atoms with E-state index in [0.717, 1.165) is 16.6 Å². The maximum Gasteiger partial charge on any atom is 0.142 e. The average Bonchev–Trinajstić information content (AvgIpc) is 2.99. The zero-order valence-electron chi connectivity index (χ0n) is 8.60. The Kier molecular flexibility index (Phi) is 2.06. The Morgan fingerprint density at radius 3 is 3.00 bits per heavy atom. The predicted octanol–water partition coefficient (Wildman–Crippen LogP) is 3.39. The summed E-state index contributed by atoms with van der Waals surface area (Å²) >= 11 is 1.71. The van der Waals surface area contributed by atoms with Gasteiger partial charge in [-0.05, 0) is 31.4 Å². The average molecular weight is 216 g/mol. The molecule has 0 bridgehead atoms. The number of nitrogens with zero attached hydrogens (tertiary/aromatic N) is 2. The zero-order valence-corrected chi connectivity index (χ0v) is 9.42. The first-order valence-corrected chi connectivity index (χ1v) is 6.10. The van der Waals surface area contributed by atoms with Gasteiger partial charge in [-0.1, -0.05) is 6.07 Å². The number of aromatic nitrogens is 2. The van der Waals surface area contributed by atoms with Crippen molar-refractivity contribution >= 4 is 11.3 Å². The number of thiazole rings is 1. The lowest BCUT2D eigenvalue weighted by molar-refractivity contribution is 1.05. The summed E-state index contributed by atoms with van der Waals surface area (Å²) in [5.41, 5.74) is 3.50. The van der Waals surface area contributed by atoms with E-state index < -0.39 is 0 Å². The van der Waals surface area contributed by atoms with Crippen molar-refractivity contribution in [3.63, 3.8) is 0 Å². The standard InChI is InChI=1S/C12H12N2S/c1-8-3-2-6-13-11(8)12-14-10(7-15-12)9-4-5-9/h2-3,6-7,9H,4-5H2,1H3. The molecule has 0 saturated heterocycles. The number of pyridine rings is 1. The first-order chi connectivity index (χ1) is 7.34. The summed E-state index contributed by atoms with van der Waals surface area (Å²) in [6.45, 7) is 2.08. The monoisotopic (exact) mass is 216 g/mol. The van der Waals surface area contributed by atoms with Crippen LogP contribution in [0.2, 0.25) is 0 Å². The third-order valence-electron chi connectivity index (χ3n) is 2.73. The maximum atomic E-state index is 4.66. The minimum Gasteiger partial charge on any atom is -0.253 e. The largest absolute Gasteiger partial charge is 0.253 e. The van der Waals surface area contributed by atoms with Crippen LogP contribution in [0.15, 0.2) is 23.7 Å². The molecule has 76 valence electrons. The summed E-state index contributed by atoms with van der Waals surface area (Å²) in [7, 11) is 0. The Hall–Kier alpha value is -1.22. The molecule has 2 nitrogen and oxygen atoms in total. The second-order valence-corrected chi connectivity index (χ2v) is 4.88. The van der Waals surface area contributed by atoms with Crippen LogP contribution in [0.4, 0.5) is 0 Å². The molecule has 1 aliphatic rings. The highest BCUT2D eigenvalue weighted by atomic mass is 32.1. The predicted molar refractivity (Wildman–Crippen MR) is 62.1 cm³/mol. The van der Waals surface area contributed by atoms with Crippen LogP contribution in [0.25, 0.3) is 10.7 Å². The van der Waals surface area contributed by atoms with Crippen LogP contribution in [0.1, 0.15) is 30.0 Å². The van der Waals surface area contributed by atoms with Gasteiger partial charge in [0.1, 0.15) is 10.7 Å². The summed E-state index contributed by atoms with van der Waals surface area (Å²) in [5.74, 6) is 0.735. The molecule has 2 aromatic heterocycles. The molecule has 3 heteroatoms. The molecule has 0 N–H and O–H groups in total. The number of aryl methyl sites for hydroxylation is 1. The molecule has 0 aromatic carbocycles. The molecule has 0 unspecified atom stereocenters. The smallest absolute Gasteiger partial charge is 0.142 e. The van der Waals surface area contributed by atoms with Crippen molar-refractivity contribution < 1.29 is 0 Å². The van der Waals surface area contributed by atoms with E-state index in [1.807, 2.05) is 12.3 Å². The zero-order chi connectivity index (χ0) is 10.3. The molecule has 1 aliphatic carbocycles. The van der Waals surface area contributed by atoms with Crippen molar-refractivity contribution in [2.24, 2.45) is 0 Å². The molecule has 1 fully saturated rings. The first-order valence-electron chi connectivity index (χ1n) is 5.22. The van der Waals surface area contributed by atoms with Gasteiger partial charge in [-0.2, -0.15) is 0 Å². The van der Waals surface area contributed by atoms with E-state index in [1.165, 1.54) is 24.1 Å². The highest BCUT2D eigenvalue weighted by Gasteiger charge is 2.26. The summed E-state index contributed by atoms with van der Waals surface area (Å²) < 4.78 is 0. The Bertz CT molecular complexity index is 486. The summed E-state index contributed by atoms with van der Waals surface area (Å²) in [6, 6.07) is 4.05. The van der Waals surface area contributed by atoms with E-state index in [-0.39, 0.29) is 0 Å². The lowest BCUT2D eigenvalue weighted by Crippen LogP contribution is -1.87. The minimum atomic E-state index is 0.735. The second kappa shape index (κ2) is 3.42. The van der Waals surface area contributed by atoms with Gasteiger partial charge in [0.2, 0.25) is 0 Å². The fraction of sp³-hybridized carbons (Fsp3) is 0.333. The topological polar surface area (TPSA) is 25.8 Å². The van der Waals surface area contributed by atoms with E-state index in [9.17, 15) is 0 Å². The minimum absolute atomic E-state index is 0.735. The molecule has 0 aliphatic heterocycles. The van der Waals surface area contributed by atoms with E-state index in [4.69, 9.17) is 0 Å². The third-order valence-corrected chi connectivity index (χ3v) is 3.60. The number of rotatable bonds is 2. The number of hydrogen-bond donors (Lipinski definition) is 0. The van der Waals surface area contributed by atoms with Crippen LogP contribution >= 0.6 is 11.3 Å². The molecule has 0 amide bonds. The first kappa shape index (κ1) is 9.04. The molecular formula is C12H12N2S. The molecule has 0 spiro atoms. The van der Waals surface area contributed by atoms with Crippen LogP contribution in [0.5, 0.6) is 0 Å². The van der Waals surface area contributed by atoms with E-state index in [0.29, 0.717) is 0 Å². The molecule has 2 heterocycles. The van der Waals surface area contributed by atoms with Crippen LogP contribution in [-0.2, 0) is 0 Å². The van der Waals surface area contributed by atoms with E-state index >= 15 is 0 Å². The summed E-state index contributed by atoms with van der Waals surface area (Å²) in [4.78, 5) is 9.05. The Morgan fingerprint density at radius 2 is 2.27 bits per heavy atom. The fourth-order valence-electron chi connectivity index (χ4n) is 1.67. The van der Waals surface area contributed by atoms with Gasteiger partial charge in [0.25, 0.3) is 0 Å². The lowest BCUT2D eigenvalue weighted by Gasteiger charge is -1.98. The highest BCUT2D eigenvalue weighted by Crippen LogP contribution is 2.41. The van der Waals surface area contributed by atoms with Gasteiger partial charge in [-0.3, -0.25) is 4.98 Å². The van der Waals surface area contributed by atoms with Crippen molar-refractivity contribution in [1.82, 2.24) is 9.97 Å². The molecule has 15 heavy (non-hydrogen) atoms. The molecule has 0 radical (unpaired) electrons. The Balaban J connectivity index is 2.01. The van der Waals surface area contributed by atoms with Gasteiger partial charge in [0, 0.05) is 17.5 Å². The quantitative estimate of drug-likeness (QED) is 0.769. The van der Waals surface area contributed by atoms with Crippen molar-refractivity contribution in [2.45, 2.75) is 25.7 Å². The summed E-state index contributed by atoms with van der Waals surface area (Å²) in [5, 5.41) is 3.25. The maximum absolute atomic E-state index is 4.66. The van der Waals surface area contributed by atoms with Gasteiger partial charge < -0.3 is 0 Å². The molecule has 0 atom stereocenters. The lowest BCUT2D eigenvalue weighted by atomic mass is 10.2. The van der Waals surface area contributed by atoms with Crippen LogP contribution in [0, 0.1) is 6.92 Å². The van der Waals surface area contributed by atoms with Gasteiger partial charge in [-0.25, -0.2) is 4.98 Å². The highest BCUT2D eigenvalue weighted by molar-refractivity contribution is 7.13. The van der Waals surface area contributed by atoms with Crippen LogP contribution in [-0.4, -0.2) is 9.97 Å². The SMILES string of the molecule is Cc1cccnc1-c1nc(C2CC2)cs1. The second-order valence-electron chi connectivity index (χ2n) is 4.02. The van der Waals surface area contributed by atoms with E-state index in [1.54, 1.807) is 11.3 Å². The van der Waals surface area contributed by atoms with Crippen LogP contribution < -0.4 is 0 Å². The Morgan fingerprint density at radius 1 is 1.40 bits per heavy atom. The van der Waals surface area contributed by atoms with Crippen molar-refractivity contribution in [3.05, 3.63) is 35.0 Å². The third kappa shape index (κ3) is 1.67. The van der Waals surface area contributed by atoms with Gasteiger partial charge in [-0.15, -0.1) is 11.3 Å². The van der Waals surface area contributed by atoms with E-state index in [2.05, 4.69) is 28.3 Å². The van der Waals surface area contributed by atoms with Crippen molar-refractivity contribution in [1.29, 1.82) is 0 Å². The molecular weight excluding hydrogens is 204 g/mol. The fourth-order valence-corrected chi connectivity index (χ4v) is 2.63. The van der Waals surface area contributed by atoms with Gasteiger partial charge in [0.05, 0.1) is 5.69 Å². The normalized spacial score (nSPS) is 15.5. The number of hydrogen-bond acceptors (Lipinski definition) is 3. The molecule has 3 rings (SSSR count). The van der Waals surface area contributed by atoms with Crippen molar-refractivity contribution in [3.8, 4) is 10.7 Å². The van der Waals surface area contributed by atoms with Crippen LogP contribution in [0.3, 0.4) is 0 Å². The van der Waals surface area contributed by atoms with Gasteiger partial charge in [0.15, 0.2) is 0 Å².